The Bertz CT molecular complexity index is 1450. The Hall–Kier alpha value is -3.34. The first-order chi connectivity index (χ1) is 20.3. The Balaban J connectivity index is 1.55. The Kier molecular flexibility index (Phi) is 9.55. The van der Waals surface area contributed by atoms with E-state index in [1.165, 1.54) is 7.11 Å². The largest absolute Gasteiger partial charge is 0.496 e. The number of nitrogens with one attached hydrogen (secondary N) is 2. The molecule has 0 radical (unpaired) electrons. The summed E-state index contributed by atoms with van der Waals surface area (Å²) in [4.78, 5) is 36.8. The van der Waals surface area contributed by atoms with Crippen molar-refractivity contribution < 1.29 is 18.7 Å². The number of rotatable bonds is 10. The number of fused-ring (bicyclic) bond motifs is 1. The van der Waals surface area contributed by atoms with Crippen LogP contribution in [0.25, 0.3) is 11.0 Å². The molecule has 5 rings (SSSR count). The topological polar surface area (TPSA) is 103 Å². The SMILES string of the molecule is CCc1c(N(CC)C2CCOCC2)cc2oc(CN3CCN(C)CC3)cc2c1C(=O)NCc1c(OC)cc(C)[nH]c1=O. The lowest BCUT2D eigenvalue weighted by molar-refractivity contribution is 0.0845. The van der Waals surface area contributed by atoms with Crippen LogP contribution >= 0.6 is 0 Å². The van der Waals surface area contributed by atoms with Crippen molar-refractivity contribution in [3.05, 3.63) is 56.7 Å². The zero-order valence-electron chi connectivity index (χ0n) is 25.7. The van der Waals surface area contributed by atoms with Gasteiger partial charge in [0.05, 0.1) is 31.3 Å². The van der Waals surface area contributed by atoms with Crippen molar-refractivity contribution in [3.8, 4) is 5.75 Å². The van der Waals surface area contributed by atoms with Crippen LogP contribution in [0.2, 0.25) is 0 Å². The van der Waals surface area contributed by atoms with Gasteiger partial charge in [-0.3, -0.25) is 14.5 Å². The van der Waals surface area contributed by atoms with E-state index in [9.17, 15) is 9.59 Å². The van der Waals surface area contributed by atoms with Gasteiger partial charge in [-0.25, -0.2) is 0 Å². The first-order valence-electron chi connectivity index (χ1n) is 15.2. The maximum absolute atomic E-state index is 14.1. The number of aryl methyl sites for hydroxylation is 1. The average molecular weight is 580 g/mol. The fourth-order valence-electron chi connectivity index (χ4n) is 6.35. The number of furan rings is 1. The van der Waals surface area contributed by atoms with Crippen LogP contribution in [0.4, 0.5) is 5.69 Å². The van der Waals surface area contributed by atoms with Crippen molar-refractivity contribution in [2.24, 2.45) is 0 Å². The molecule has 2 aliphatic rings. The summed E-state index contributed by atoms with van der Waals surface area (Å²) in [7, 11) is 3.68. The van der Waals surface area contributed by atoms with Crippen molar-refractivity contribution in [2.45, 2.75) is 59.2 Å². The minimum atomic E-state index is -0.267. The van der Waals surface area contributed by atoms with Gasteiger partial charge < -0.3 is 34.0 Å². The van der Waals surface area contributed by atoms with E-state index in [0.29, 0.717) is 47.2 Å². The van der Waals surface area contributed by atoms with Gasteiger partial charge in [0, 0.05) is 74.8 Å². The lowest BCUT2D eigenvalue weighted by Crippen LogP contribution is -2.43. The average Bonchev–Trinajstić information content (AvgIpc) is 3.39. The van der Waals surface area contributed by atoms with Gasteiger partial charge in [-0.2, -0.15) is 0 Å². The third-order valence-electron chi connectivity index (χ3n) is 8.67. The maximum Gasteiger partial charge on any atom is 0.256 e. The monoisotopic (exact) mass is 579 g/mol. The van der Waals surface area contributed by atoms with Crippen LogP contribution in [0.3, 0.4) is 0 Å². The molecule has 10 heteroatoms. The number of ether oxygens (including phenoxy) is 2. The standard InChI is InChI=1S/C32H45N5O5/c1-6-24-27(37(7-2)22-8-14-41-15-9-22)18-29-25(17-23(42-29)20-36-12-10-35(4)11-13-36)30(24)32(39)33-19-26-28(40-5)16-21(3)34-31(26)38/h16-18,22H,6-15,19-20H2,1-5H3,(H,33,39)(H,34,38). The molecule has 0 bridgehead atoms. The molecule has 0 aliphatic carbocycles. The highest BCUT2D eigenvalue weighted by molar-refractivity contribution is 6.09. The van der Waals surface area contributed by atoms with Crippen molar-refractivity contribution in [2.75, 3.05) is 65.0 Å². The predicted octanol–water partition coefficient (Wildman–Crippen LogP) is 3.68. The molecule has 2 aliphatic heterocycles. The number of pyridine rings is 1. The van der Waals surface area contributed by atoms with Crippen LogP contribution in [0.5, 0.6) is 5.75 Å². The molecule has 0 atom stereocenters. The molecule has 0 spiro atoms. The van der Waals surface area contributed by atoms with E-state index in [1.54, 1.807) is 13.0 Å². The van der Waals surface area contributed by atoms with Crippen LogP contribution < -0.4 is 20.5 Å². The normalized spacial score (nSPS) is 17.1. The van der Waals surface area contributed by atoms with Crippen molar-refractivity contribution >= 4 is 22.6 Å². The number of benzene rings is 1. The number of hydrogen-bond acceptors (Lipinski definition) is 8. The Labute approximate surface area is 247 Å². The molecule has 10 nitrogen and oxygen atoms in total. The van der Waals surface area contributed by atoms with E-state index in [2.05, 4.69) is 52.0 Å². The summed E-state index contributed by atoms with van der Waals surface area (Å²) in [5.41, 5.74) is 4.19. The molecular formula is C32H45N5O5. The number of nitrogens with zero attached hydrogens (tertiary/aromatic N) is 3. The smallest absolute Gasteiger partial charge is 0.256 e. The molecule has 1 aromatic carbocycles. The molecule has 0 saturated carbocycles. The Morgan fingerprint density at radius 3 is 2.52 bits per heavy atom. The molecule has 1 amide bonds. The number of anilines is 1. The molecule has 3 aromatic rings. The van der Waals surface area contributed by atoms with Crippen LogP contribution in [-0.4, -0.2) is 86.8 Å². The quantitative estimate of drug-likeness (QED) is 0.375. The second-order valence-electron chi connectivity index (χ2n) is 11.4. The second kappa shape index (κ2) is 13.3. The van der Waals surface area contributed by atoms with Gasteiger partial charge in [0.25, 0.3) is 11.5 Å². The van der Waals surface area contributed by atoms with Crippen LogP contribution in [0, 0.1) is 6.92 Å². The summed E-state index contributed by atoms with van der Waals surface area (Å²) < 4.78 is 17.6. The third kappa shape index (κ3) is 6.35. The minimum Gasteiger partial charge on any atom is -0.496 e. The van der Waals surface area contributed by atoms with Crippen molar-refractivity contribution in [3.63, 3.8) is 0 Å². The van der Waals surface area contributed by atoms with Crippen LogP contribution in [0.15, 0.2) is 27.4 Å². The summed E-state index contributed by atoms with van der Waals surface area (Å²) >= 11 is 0. The summed E-state index contributed by atoms with van der Waals surface area (Å²) in [6, 6.07) is 6.27. The number of amides is 1. The fourth-order valence-corrected chi connectivity index (χ4v) is 6.35. The summed E-state index contributed by atoms with van der Waals surface area (Å²) in [5, 5.41) is 3.85. The maximum atomic E-state index is 14.1. The lowest BCUT2D eigenvalue weighted by Gasteiger charge is -2.37. The fraction of sp³-hybridized carbons (Fsp3) is 0.562. The third-order valence-corrected chi connectivity index (χ3v) is 8.67. The van der Waals surface area contributed by atoms with Gasteiger partial charge in [-0.1, -0.05) is 6.92 Å². The van der Waals surface area contributed by atoms with Gasteiger partial charge >= 0.3 is 0 Å². The van der Waals surface area contributed by atoms with Crippen LogP contribution in [0.1, 0.15) is 59.6 Å². The van der Waals surface area contributed by atoms with Gasteiger partial charge in [0.1, 0.15) is 17.1 Å². The van der Waals surface area contributed by atoms with Crippen molar-refractivity contribution in [1.82, 2.24) is 20.1 Å². The van der Waals surface area contributed by atoms with Gasteiger partial charge in [0.15, 0.2) is 0 Å². The number of H-pyrrole nitrogens is 1. The number of aromatic nitrogens is 1. The number of hydrogen-bond donors (Lipinski definition) is 2. The molecule has 42 heavy (non-hydrogen) atoms. The number of piperazine rings is 1. The zero-order valence-corrected chi connectivity index (χ0v) is 25.7. The number of aromatic amines is 1. The minimum absolute atomic E-state index is 0.0515. The molecule has 2 saturated heterocycles. The number of carbonyl (C=O) groups excluding carboxylic acids is 1. The lowest BCUT2D eigenvalue weighted by atomic mass is 9.95. The first-order valence-corrected chi connectivity index (χ1v) is 15.2. The number of carbonyl (C=O) groups is 1. The van der Waals surface area contributed by atoms with Gasteiger partial charge in [-0.05, 0) is 57.9 Å². The zero-order chi connectivity index (χ0) is 29.8. The van der Waals surface area contributed by atoms with Crippen LogP contribution in [-0.2, 0) is 24.2 Å². The van der Waals surface area contributed by atoms with Gasteiger partial charge in [0.2, 0.25) is 0 Å². The van der Waals surface area contributed by atoms with E-state index in [0.717, 1.165) is 81.2 Å². The number of likely N-dealkylation sites (N-methyl/N-ethyl adjacent to an activating group) is 1. The van der Waals surface area contributed by atoms with Gasteiger partial charge in [-0.15, -0.1) is 0 Å². The second-order valence-corrected chi connectivity index (χ2v) is 11.4. The summed E-state index contributed by atoms with van der Waals surface area (Å²) in [6.07, 6.45) is 2.57. The van der Waals surface area contributed by atoms with Crippen molar-refractivity contribution in [1.29, 1.82) is 0 Å². The molecule has 228 valence electrons. The van der Waals surface area contributed by atoms with E-state index in [4.69, 9.17) is 13.9 Å². The molecule has 2 aromatic heterocycles. The van der Waals surface area contributed by atoms with E-state index in [-0.39, 0.29) is 18.0 Å². The molecule has 4 heterocycles. The number of methoxy groups -OCH3 is 1. The summed E-state index contributed by atoms with van der Waals surface area (Å²) in [5.74, 6) is 1.09. The first kappa shape index (κ1) is 30.1. The van der Waals surface area contributed by atoms with E-state index < -0.39 is 0 Å². The van der Waals surface area contributed by atoms with E-state index in [1.807, 2.05) is 6.07 Å². The Morgan fingerprint density at radius 1 is 1.12 bits per heavy atom. The summed E-state index contributed by atoms with van der Waals surface area (Å²) in [6.45, 7) is 13.1. The highest BCUT2D eigenvalue weighted by Gasteiger charge is 2.28. The van der Waals surface area contributed by atoms with E-state index >= 15 is 0 Å². The molecule has 2 N–H and O–H groups in total. The molecular weight excluding hydrogens is 534 g/mol. The molecule has 0 unspecified atom stereocenters. The highest BCUT2D eigenvalue weighted by Crippen LogP contribution is 2.37. The molecule has 2 fully saturated rings. The Morgan fingerprint density at radius 2 is 1.86 bits per heavy atom. The highest BCUT2D eigenvalue weighted by atomic mass is 16.5. The predicted molar refractivity (Wildman–Crippen MR) is 165 cm³/mol.